The summed E-state index contributed by atoms with van der Waals surface area (Å²) in [5.41, 5.74) is 1.65. The molecule has 1 N–H and O–H groups in total. The Bertz CT molecular complexity index is 910. The van der Waals surface area contributed by atoms with Crippen LogP contribution in [0.25, 0.3) is 11.0 Å². The first-order valence-corrected chi connectivity index (χ1v) is 9.77. The van der Waals surface area contributed by atoms with Crippen LogP contribution < -0.4 is 10.2 Å². The Morgan fingerprint density at radius 3 is 2.35 bits per heavy atom. The number of nitrogens with one attached hydrogen (secondary N) is 1. The Kier molecular flexibility index (Phi) is 5.02. The van der Waals surface area contributed by atoms with E-state index in [-0.39, 0.29) is 5.91 Å². The summed E-state index contributed by atoms with van der Waals surface area (Å²) in [7, 11) is 0. The van der Waals surface area contributed by atoms with Crippen molar-refractivity contribution in [1.82, 2.24) is 9.97 Å². The van der Waals surface area contributed by atoms with Gasteiger partial charge in [0.2, 0.25) is 5.91 Å². The largest absolute Gasteiger partial charge is 0.354 e. The minimum Gasteiger partial charge on any atom is -0.354 e. The average Bonchev–Trinajstić information content (AvgIpc) is 3.21. The molecule has 1 amide bonds. The molecular formula is C20H20N4OS. The van der Waals surface area contributed by atoms with E-state index < -0.39 is 0 Å². The van der Waals surface area contributed by atoms with Crippen LogP contribution in [0.3, 0.4) is 0 Å². The van der Waals surface area contributed by atoms with Gasteiger partial charge in [0.15, 0.2) is 11.6 Å². The highest BCUT2D eigenvalue weighted by Crippen LogP contribution is 2.28. The van der Waals surface area contributed by atoms with Crippen LogP contribution in [0.1, 0.15) is 12.8 Å². The van der Waals surface area contributed by atoms with Crippen molar-refractivity contribution in [3.63, 3.8) is 0 Å². The number of nitrogens with zero attached hydrogens (tertiary/aromatic N) is 3. The van der Waals surface area contributed by atoms with Gasteiger partial charge in [-0.3, -0.25) is 4.79 Å². The first-order valence-electron chi connectivity index (χ1n) is 8.79. The molecule has 4 rings (SSSR count). The average molecular weight is 364 g/mol. The van der Waals surface area contributed by atoms with E-state index in [1.165, 1.54) is 11.8 Å². The number of hydrogen-bond acceptors (Lipinski definition) is 5. The summed E-state index contributed by atoms with van der Waals surface area (Å²) < 4.78 is 0. The van der Waals surface area contributed by atoms with Crippen molar-refractivity contribution >= 4 is 40.3 Å². The van der Waals surface area contributed by atoms with Crippen LogP contribution in [0.4, 0.5) is 11.6 Å². The van der Waals surface area contributed by atoms with Gasteiger partial charge in [0, 0.05) is 18.0 Å². The Balaban J connectivity index is 1.55. The lowest BCUT2D eigenvalue weighted by Crippen LogP contribution is -2.24. The van der Waals surface area contributed by atoms with Crippen molar-refractivity contribution in [2.24, 2.45) is 0 Å². The Labute approximate surface area is 156 Å². The van der Waals surface area contributed by atoms with Gasteiger partial charge >= 0.3 is 0 Å². The van der Waals surface area contributed by atoms with E-state index in [9.17, 15) is 4.79 Å². The molecule has 132 valence electrons. The molecule has 0 saturated carbocycles. The lowest BCUT2D eigenvalue weighted by atomic mass is 10.3. The molecule has 0 radical (unpaired) electrons. The first-order chi connectivity index (χ1) is 12.8. The smallest absolute Gasteiger partial charge is 0.235 e. The van der Waals surface area contributed by atoms with Crippen LogP contribution in [0.2, 0.25) is 0 Å². The van der Waals surface area contributed by atoms with Crippen molar-refractivity contribution < 1.29 is 4.79 Å². The van der Waals surface area contributed by atoms with Crippen LogP contribution in [-0.4, -0.2) is 34.7 Å². The molecule has 1 fully saturated rings. The second-order valence-corrected chi connectivity index (χ2v) is 7.28. The van der Waals surface area contributed by atoms with Gasteiger partial charge in [-0.05, 0) is 37.1 Å². The number of anilines is 2. The third-order valence-electron chi connectivity index (χ3n) is 4.33. The van der Waals surface area contributed by atoms with E-state index in [4.69, 9.17) is 4.98 Å². The van der Waals surface area contributed by atoms with E-state index >= 15 is 0 Å². The molecule has 0 atom stereocenters. The Morgan fingerprint density at radius 2 is 1.62 bits per heavy atom. The molecule has 26 heavy (non-hydrogen) atoms. The van der Waals surface area contributed by atoms with Gasteiger partial charge in [0.05, 0.1) is 16.8 Å². The number of benzene rings is 2. The fourth-order valence-electron chi connectivity index (χ4n) is 3.06. The summed E-state index contributed by atoms with van der Waals surface area (Å²) in [6.45, 7) is 1.91. The quantitative estimate of drug-likeness (QED) is 0.695. The van der Waals surface area contributed by atoms with Crippen LogP contribution in [-0.2, 0) is 4.79 Å². The van der Waals surface area contributed by atoms with E-state index in [2.05, 4.69) is 15.2 Å². The second kappa shape index (κ2) is 7.74. The van der Waals surface area contributed by atoms with Gasteiger partial charge in [-0.25, -0.2) is 9.97 Å². The molecule has 1 saturated heterocycles. The van der Waals surface area contributed by atoms with Gasteiger partial charge in [0.1, 0.15) is 0 Å². The molecule has 0 unspecified atom stereocenters. The SMILES string of the molecule is O=C(CSc1ccccc1)Nc1nc2ccccc2nc1N1CCCC1. The van der Waals surface area contributed by atoms with Crippen LogP contribution >= 0.6 is 11.8 Å². The van der Waals surface area contributed by atoms with Crippen molar-refractivity contribution in [2.45, 2.75) is 17.7 Å². The molecule has 1 aromatic heterocycles. The number of thioether (sulfide) groups is 1. The van der Waals surface area contributed by atoms with E-state index in [1.807, 2.05) is 54.6 Å². The highest BCUT2D eigenvalue weighted by atomic mass is 32.2. The van der Waals surface area contributed by atoms with Gasteiger partial charge in [-0.1, -0.05) is 30.3 Å². The summed E-state index contributed by atoms with van der Waals surface area (Å²) >= 11 is 1.52. The fraction of sp³-hybridized carbons (Fsp3) is 0.250. The first kappa shape index (κ1) is 16.8. The molecule has 0 spiro atoms. The molecule has 5 nitrogen and oxygen atoms in total. The highest BCUT2D eigenvalue weighted by molar-refractivity contribution is 8.00. The van der Waals surface area contributed by atoms with E-state index in [1.54, 1.807) is 0 Å². The Hall–Kier alpha value is -2.60. The number of carbonyl (C=O) groups excluding carboxylic acids is 1. The topological polar surface area (TPSA) is 58.1 Å². The lowest BCUT2D eigenvalue weighted by Gasteiger charge is -2.20. The lowest BCUT2D eigenvalue weighted by molar-refractivity contribution is -0.113. The molecule has 1 aliphatic heterocycles. The second-order valence-electron chi connectivity index (χ2n) is 6.23. The molecule has 0 bridgehead atoms. The molecule has 1 aliphatic rings. The third-order valence-corrected chi connectivity index (χ3v) is 5.34. The van der Waals surface area contributed by atoms with Crippen molar-refractivity contribution in [3.8, 4) is 0 Å². The standard InChI is InChI=1S/C20H20N4OS/c25-18(14-26-15-8-2-1-3-9-15)23-19-20(24-12-6-7-13-24)22-17-11-5-4-10-16(17)21-19/h1-5,8-11H,6-7,12-14H2,(H,21,23,25). The number of hydrogen-bond donors (Lipinski definition) is 1. The normalized spacial score (nSPS) is 13.9. The number of fused-ring (bicyclic) bond motifs is 1. The maximum Gasteiger partial charge on any atom is 0.235 e. The monoisotopic (exact) mass is 364 g/mol. The predicted octanol–water partition coefficient (Wildman–Crippen LogP) is 3.96. The van der Waals surface area contributed by atoms with Crippen LogP contribution in [0.5, 0.6) is 0 Å². The summed E-state index contributed by atoms with van der Waals surface area (Å²) in [6, 6.07) is 17.7. The molecule has 0 aliphatic carbocycles. The third kappa shape index (κ3) is 3.80. The van der Waals surface area contributed by atoms with E-state index in [0.29, 0.717) is 11.6 Å². The van der Waals surface area contributed by atoms with Gasteiger partial charge in [0.25, 0.3) is 0 Å². The maximum atomic E-state index is 12.5. The summed E-state index contributed by atoms with van der Waals surface area (Å²) in [4.78, 5) is 25.2. The Morgan fingerprint density at radius 1 is 0.962 bits per heavy atom. The summed E-state index contributed by atoms with van der Waals surface area (Å²) in [5.74, 6) is 1.62. The number of para-hydroxylation sites is 2. The maximum absolute atomic E-state index is 12.5. The van der Waals surface area contributed by atoms with Crippen molar-refractivity contribution in [3.05, 3.63) is 54.6 Å². The van der Waals surface area contributed by atoms with E-state index in [0.717, 1.165) is 47.7 Å². The number of rotatable bonds is 5. The number of carbonyl (C=O) groups is 1. The summed E-state index contributed by atoms with van der Waals surface area (Å²) in [5, 5.41) is 2.97. The van der Waals surface area contributed by atoms with Gasteiger partial charge in [-0.2, -0.15) is 0 Å². The minimum atomic E-state index is -0.0659. The molecule has 3 aromatic rings. The molecule has 2 heterocycles. The fourth-order valence-corrected chi connectivity index (χ4v) is 3.78. The van der Waals surface area contributed by atoms with Crippen molar-refractivity contribution in [1.29, 1.82) is 0 Å². The zero-order valence-corrected chi connectivity index (χ0v) is 15.2. The molecule has 6 heteroatoms. The van der Waals surface area contributed by atoms with Crippen molar-refractivity contribution in [2.75, 3.05) is 29.1 Å². The zero-order valence-electron chi connectivity index (χ0n) is 14.4. The number of aromatic nitrogens is 2. The molecular weight excluding hydrogens is 344 g/mol. The zero-order chi connectivity index (χ0) is 17.8. The van der Waals surface area contributed by atoms with Gasteiger partial charge < -0.3 is 10.2 Å². The van der Waals surface area contributed by atoms with Crippen LogP contribution in [0.15, 0.2) is 59.5 Å². The van der Waals surface area contributed by atoms with Gasteiger partial charge in [-0.15, -0.1) is 11.8 Å². The summed E-state index contributed by atoms with van der Waals surface area (Å²) in [6.07, 6.45) is 2.29. The number of amides is 1. The highest BCUT2D eigenvalue weighted by Gasteiger charge is 2.20. The minimum absolute atomic E-state index is 0.0659. The molecule has 2 aromatic carbocycles. The van der Waals surface area contributed by atoms with Crippen LogP contribution in [0, 0.1) is 0 Å². The predicted molar refractivity (Wildman–Crippen MR) is 107 cm³/mol.